The molecule has 2 fully saturated rings. The van der Waals surface area contributed by atoms with Gasteiger partial charge in [-0.2, -0.15) is 0 Å². The second-order valence-corrected chi connectivity index (χ2v) is 7.04. The molecule has 24 heavy (non-hydrogen) atoms. The highest BCUT2D eigenvalue weighted by Crippen LogP contribution is 2.44. The molecule has 0 heterocycles. The molecule has 0 spiro atoms. The molecular weight excluding hydrogens is 304 g/mol. The average molecular weight is 326 g/mol. The number of rotatable bonds is 5. The zero-order valence-corrected chi connectivity index (χ0v) is 13.7. The first kappa shape index (κ1) is 15.2. The van der Waals surface area contributed by atoms with Crippen molar-refractivity contribution in [2.45, 2.75) is 31.7 Å². The first-order valence-corrected chi connectivity index (χ1v) is 8.62. The summed E-state index contributed by atoms with van der Waals surface area (Å²) in [5.74, 6) is 1.37. The van der Waals surface area contributed by atoms with E-state index in [2.05, 4.69) is 22.8 Å². The number of hydrogen-bond acceptors (Lipinski definition) is 3. The lowest BCUT2D eigenvalue weighted by Gasteiger charge is -2.19. The Balaban J connectivity index is 1.53. The standard InChI is InChI=1S/C19H22N2O3/c1-24-14-6-7-17(16(10-14)19(23)20-13-4-5-13)21-18(22)15-9-11-2-3-12(15)8-11/h2-3,6-7,10-13,15H,4-5,8-9H2,1H3,(H,20,23)(H,21,22)/t11-,12-,15+/m0/s1. The van der Waals surface area contributed by atoms with E-state index in [9.17, 15) is 9.59 Å². The van der Waals surface area contributed by atoms with Crippen molar-refractivity contribution in [3.05, 3.63) is 35.9 Å². The van der Waals surface area contributed by atoms with Crippen LogP contribution >= 0.6 is 0 Å². The highest BCUT2D eigenvalue weighted by atomic mass is 16.5. The Morgan fingerprint density at radius 3 is 2.62 bits per heavy atom. The maximum Gasteiger partial charge on any atom is 0.253 e. The Kier molecular flexibility index (Phi) is 3.79. The molecule has 4 rings (SSSR count). The van der Waals surface area contributed by atoms with Crippen LogP contribution in [0.25, 0.3) is 0 Å². The van der Waals surface area contributed by atoms with Gasteiger partial charge in [-0.05, 0) is 55.7 Å². The number of methoxy groups -OCH3 is 1. The molecule has 3 aliphatic carbocycles. The fraction of sp³-hybridized carbons (Fsp3) is 0.474. The van der Waals surface area contributed by atoms with Gasteiger partial charge in [-0.15, -0.1) is 0 Å². The van der Waals surface area contributed by atoms with Crippen LogP contribution in [0.2, 0.25) is 0 Å². The van der Waals surface area contributed by atoms with Crippen molar-refractivity contribution in [3.8, 4) is 5.75 Å². The topological polar surface area (TPSA) is 67.4 Å². The molecule has 0 radical (unpaired) electrons. The number of fused-ring (bicyclic) bond motifs is 2. The summed E-state index contributed by atoms with van der Waals surface area (Å²) in [4.78, 5) is 25.1. The van der Waals surface area contributed by atoms with Crippen LogP contribution in [0, 0.1) is 17.8 Å². The Bertz CT molecular complexity index is 709. The van der Waals surface area contributed by atoms with Gasteiger partial charge in [0.05, 0.1) is 18.4 Å². The SMILES string of the molecule is COc1ccc(NC(=O)[C@@H]2C[C@H]3C=C[C@H]2C3)c(C(=O)NC2CC2)c1. The number of nitrogens with one attached hydrogen (secondary N) is 2. The molecule has 2 bridgehead atoms. The fourth-order valence-corrected chi connectivity index (χ4v) is 3.75. The quantitative estimate of drug-likeness (QED) is 0.818. The van der Waals surface area contributed by atoms with Crippen molar-refractivity contribution >= 4 is 17.5 Å². The lowest BCUT2D eigenvalue weighted by atomic mass is 9.92. The second kappa shape index (κ2) is 5.96. The van der Waals surface area contributed by atoms with Crippen LogP contribution in [-0.4, -0.2) is 25.0 Å². The minimum Gasteiger partial charge on any atom is -0.497 e. The molecular formula is C19H22N2O3. The molecule has 0 aliphatic heterocycles. The molecule has 3 aliphatic rings. The van der Waals surface area contributed by atoms with Crippen LogP contribution in [0.4, 0.5) is 5.69 Å². The third-order valence-corrected chi connectivity index (χ3v) is 5.26. The van der Waals surface area contributed by atoms with E-state index in [4.69, 9.17) is 4.74 Å². The first-order valence-electron chi connectivity index (χ1n) is 8.62. The van der Waals surface area contributed by atoms with E-state index in [1.165, 1.54) is 0 Å². The fourth-order valence-electron chi connectivity index (χ4n) is 3.75. The number of carbonyl (C=O) groups is 2. The Hall–Kier alpha value is -2.30. The molecule has 0 aromatic heterocycles. The van der Waals surface area contributed by atoms with Crippen LogP contribution in [0.15, 0.2) is 30.4 Å². The van der Waals surface area contributed by atoms with Gasteiger partial charge in [-0.1, -0.05) is 12.2 Å². The Morgan fingerprint density at radius 2 is 2.00 bits per heavy atom. The van der Waals surface area contributed by atoms with E-state index in [0.29, 0.717) is 28.8 Å². The third-order valence-electron chi connectivity index (χ3n) is 5.26. The summed E-state index contributed by atoms with van der Waals surface area (Å²) in [5, 5.41) is 5.95. The minimum absolute atomic E-state index is 0.0116. The van der Waals surface area contributed by atoms with Gasteiger partial charge < -0.3 is 15.4 Å². The molecule has 3 atom stereocenters. The predicted molar refractivity (Wildman–Crippen MR) is 91.0 cm³/mol. The highest BCUT2D eigenvalue weighted by molar-refractivity contribution is 6.04. The number of benzene rings is 1. The van der Waals surface area contributed by atoms with Crippen molar-refractivity contribution in [1.82, 2.24) is 5.32 Å². The van der Waals surface area contributed by atoms with Crippen LogP contribution in [0.5, 0.6) is 5.75 Å². The Morgan fingerprint density at radius 1 is 1.17 bits per heavy atom. The van der Waals surface area contributed by atoms with Crippen LogP contribution in [0.1, 0.15) is 36.0 Å². The smallest absolute Gasteiger partial charge is 0.253 e. The monoisotopic (exact) mass is 326 g/mol. The van der Waals surface area contributed by atoms with Crippen molar-refractivity contribution in [1.29, 1.82) is 0 Å². The summed E-state index contributed by atoms with van der Waals surface area (Å²) < 4.78 is 5.22. The van der Waals surface area contributed by atoms with Gasteiger partial charge in [0.2, 0.25) is 5.91 Å². The van der Waals surface area contributed by atoms with Gasteiger partial charge in [0.25, 0.3) is 5.91 Å². The predicted octanol–water partition coefficient (Wildman–Crippen LogP) is 2.74. The van der Waals surface area contributed by atoms with Gasteiger partial charge in [0, 0.05) is 12.0 Å². The summed E-state index contributed by atoms with van der Waals surface area (Å²) in [6, 6.07) is 5.47. The van der Waals surface area contributed by atoms with Crippen LogP contribution < -0.4 is 15.4 Å². The van der Waals surface area contributed by atoms with Gasteiger partial charge in [-0.25, -0.2) is 0 Å². The Labute approximate surface area is 141 Å². The maximum absolute atomic E-state index is 12.7. The van der Waals surface area contributed by atoms with E-state index in [1.54, 1.807) is 25.3 Å². The number of allylic oxidation sites excluding steroid dienone is 2. The maximum atomic E-state index is 12.7. The molecule has 2 amide bonds. The summed E-state index contributed by atoms with van der Waals surface area (Å²) >= 11 is 0. The number of hydrogen-bond donors (Lipinski definition) is 2. The third kappa shape index (κ3) is 2.90. The van der Waals surface area contributed by atoms with Crippen molar-refractivity contribution in [2.24, 2.45) is 17.8 Å². The summed E-state index contributed by atoms with van der Waals surface area (Å²) in [7, 11) is 1.57. The van der Waals surface area contributed by atoms with Crippen LogP contribution in [0.3, 0.4) is 0 Å². The van der Waals surface area contributed by atoms with Gasteiger partial charge in [0.1, 0.15) is 5.75 Å². The molecule has 5 nitrogen and oxygen atoms in total. The van der Waals surface area contributed by atoms with Crippen LogP contribution in [-0.2, 0) is 4.79 Å². The van der Waals surface area contributed by atoms with E-state index in [0.717, 1.165) is 25.7 Å². The summed E-state index contributed by atoms with van der Waals surface area (Å²) in [5.41, 5.74) is 1.03. The summed E-state index contributed by atoms with van der Waals surface area (Å²) in [6.45, 7) is 0. The van der Waals surface area contributed by atoms with Gasteiger partial charge >= 0.3 is 0 Å². The van der Waals surface area contributed by atoms with E-state index in [1.807, 2.05) is 0 Å². The molecule has 0 unspecified atom stereocenters. The van der Waals surface area contributed by atoms with Crippen molar-refractivity contribution in [3.63, 3.8) is 0 Å². The summed E-state index contributed by atoms with van der Waals surface area (Å²) in [6.07, 6.45) is 8.41. The first-order chi connectivity index (χ1) is 11.6. The minimum atomic E-state index is -0.153. The molecule has 2 N–H and O–H groups in total. The molecule has 0 saturated heterocycles. The lowest BCUT2D eigenvalue weighted by molar-refractivity contribution is -0.120. The molecule has 1 aromatic rings. The number of ether oxygens (including phenoxy) is 1. The number of anilines is 1. The largest absolute Gasteiger partial charge is 0.497 e. The second-order valence-electron chi connectivity index (χ2n) is 7.04. The van der Waals surface area contributed by atoms with E-state index in [-0.39, 0.29) is 23.8 Å². The normalized spacial score (nSPS) is 27.1. The lowest BCUT2D eigenvalue weighted by Crippen LogP contribution is -2.29. The van der Waals surface area contributed by atoms with Gasteiger partial charge in [-0.3, -0.25) is 9.59 Å². The van der Waals surface area contributed by atoms with E-state index >= 15 is 0 Å². The molecule has 1 aromatic carbocycles. The highest BCUT2D eigenvalue weighted by Gasteiger charge is 2.40. The van der Waals surface area contributed by atoms with E-state index < -0.39 is 0 Å². The zero-order chi connectivity index (χ0) is 16.7. The molecule has 5 heteroatoms. The van der Waals surface area contributed by atoms with Gasteiger partial charge in [0.15, 0.2) is 0 Å². The van der Waals surface area contributed by atoms with Crippen molar-refractivity contribution in [2.75, 3.05) is 12.4 Å². The average Bonchev–Trinajstić information content (AvgIpc) is 3.15. The number of amides is 2. The molecule has 126 valence electrons. The molecule has 2 saturated carbocycles. The zero-order valence-electron chi connectivity index (χ0n) is 13.7. The number of carbonyl (C=O) groups excluding carboxylic acids is 2. The van der Waals surface area contributed by atoms with Crippen molar-refractivity contribution < 1.29 is 14.3 Å².